The average molecular weight is 550 g/mol. The molecule has 5 nitrogen and oxygen atoms in total. The van der Waals surface area contributed by atoms with Gasteiger partial charge in [0.15, 0.2) is 0 Å². The highest BCUT2D eigenvalue weighted by Crippen LogP contribution is 2.22. The summed E-state index contributed by atoms with van der Waals surface area (Å²) in [6.45, 7) is 4.47. The maximum atomic E-state index is 13.9. The van der Waals surface area contributed by atoms with Gasteiger partial charge in [-0.3, -0.25) is 0 Å². The fourth-order valence-electron chi connectivity index (χ4n) is 4.18. The molecule has 0 aliphatic heterocycles. The molecular weight excluding hydrogens is 513 g/mol. The van der Waals surface area contributed by atoms with E-state index in [0.29, 0.717) is 17.5 Å². The first-order valence-electron chi connectivity index (χ1n) is 13.5. The number of hydrogen-bond acceptors (Lipinski definition) is 3. The summed E-state index contributed by atoms with van der Waals surface area (Å²) in [5.41, 5.74) is 2.81. The molecule has 3 aromatic rings. The fraction of sp³-hybridized carbons (Fsp3) is 0.344. The predicted molar refractivity (Wildman–Crippen MR) is 153 cm³/mol. The second-order valence-corrected chi connectivity index (χ2v) is 11.5. The van der Waals surface area contributed by atoms with Gasteiger partial charge in [-0.2, -0.15) is 4.31 Å². The SMILES string of the molecule is CCCCCCN(Cc1ccc(F)c(C(=O)O)c1)S(=O)(=O)c1ccc(C#Cc2ccc(CCCC)cc2)cc1. The molecule has 206 valence electrons. The highest BCUT2D eigenvalue weighted by molar-refractivity contribution is 7.89. The van der Waals surface area contributed by atoms with Crippen LogP contribution in [0.3, 0.4) is 0 Å². The zero-order valence-corrected chi connectivity index (χ0v) is 23.4. The molecule has 0 amide bonds. The lowest BCUT2D eigenvalue weighted by Gasteiger charge is -2.23. The number of aromatic carboxylic acids is 1. The Morgan fingerprint density at radius 1 is 0.821 bits per heavy atom. The van der Waals surface area contributed by atoms with Gasteiger partial charge < -0.3 is 5.11 Å². The van der Waals surface area contributed by atoms with Crippen molar-refractivity contribution in [3.8, 4) is 11.8 Å². The van der Waals surface area contributed by atoms with Crippen LogP contribution in [0, 0.1) is 17.7 Å². The van der Waals surface area contributed by atoms with Gasteiger partial charge in [-0.25, -0.2) is 17.6 Å². The fourth-order valence-corrected chi connectivity index (χ4v) is 5.64. The van der Waals surface area contributed by atoms with Crippen LogP contribution in [0.5, 0.6) is 0 Å². The van der Waals surface area contributed by atoms with Gasteiger partial charge in [0.1, 0.15) is 5.82 Å². The van der Waals surface area contributed by atoms with Crippen molar-refractivity contribution in [2.75, 3.05) is 6.54 Å². The molecule has 0 aromatic heterocycles. The molecule has 0 unspecified atom stereocenters. The molecule has 3 aromatic carbocycles. The summed E-state index contributed by atoms with van der Waals surface area (Å²) in [7, 11) is -3.88. The van der Waals surface area contributed by atoms with E-state index in [4.69, 9.17) is 0 Å². The molecular formula is C32H36FNO4S. The summed E-state index contributed by atoms with van der Waals surface area (Å²) in [4.78, 5) is 11.5. The second-order valence-electron chi connectivity index (χ2n) is 9.59. The Morgan fingerprint density at radius 2 is 1.41 bits per heavy atom. The van der Waals surface area contributed by atoms with Crippen molar-refractivity contribution in [2.24, 2.45) is 0 Å². The molecule has 0 saturated heterocycles. The molecule has 0 radical (unpaired) electrons. The molecule has 0 fully saturated rings. The molecule has 0 bridgehead atoms. The lowest BCUT2D eigenvalue weighted by atomic mass is 10.1. The molecule has 0 aliphatic carbocycles. The number of halogens is 1. The first-order chi connectivity index (χ1) is 18.7. The normalized spacial score (nSPS) is 11.3. The van der Waals surface area contributed by atoms with Crippen molar-refractivity contribution in [3.05, 3.63) is 100 Å². The number of hydrogen-bond donors (Lipinski definition) is 1. The monoisotopic (exact) mass is 549 g/mol. The van der Waals surface area contributed by atoms with Crippen LogP contribution in [-0.2, 0) is 23.0 Å². The minimum absolute atomic E-state index is 0.0508. The van der Waals surface area contributed by atoms with Gasteiger partial charge in [-0.05, 0) is 78.9 Å². The van der Waals surface area contributed by atoms with Crippen molar-refractivity contribution in [1.29, 1.82) is 0 Å². The van der Waals surface area contributed by atoms with Crippen LogP contribution in [-0.4, -0.2) is 30.3 Å². The molecule has 0 atom stereocenters. The number of benzene rings is 3. The van der Waals surface area contributed by atoms with Gasteiger partial charge in [0.25, 0.3) is 0 Å². The van der Waals surface area contributed by atoms with E-state index < -0.39 is 27.4 Å². The van der Waals surface area contributed by atoms with Gasteiger partial charge in [0.05, 0.1) is 10.5 Å². The summed E-state index contributed by atoms with van der Waals surface area (Å²) in [6.07, 6.45) is 6.91. The smallest absolute Gasteiger partial charge is 0.338 e. The maximum absolute atomic E-state index is 13.9. The number of aryl methyl sites for hydroxylation is 1. The standard InChI is InChI=1S/C32H36FNO4S/c1-3-5-7-8-22-34(24-28-18-21-31(33)30(23-28)32(35)36)39(37,38)29-19-16-27(17-20-29)15-14-26-12-10-25(11-13-26)9-6-4-2/h10-13,16-21,23H,3-9,22,24H2,1-2H3,(H,35,36). The highest BCUT2D eigenvalue weighted by atomic mass is 32.2. The number of carboxylic acid groups (broad SMARTS) is 1. The summed E-state index contributed by atoms with van der Waals surface area (Å²) < 4.78 is 42.4. The quantitative estimate of drug-likeness (QED) is 0.183. The molecule has 1 N–H and O–H groups in total. The van der Waals surface area contributed by atoms with Crippen LogP contribution in [0.4, 0.5) is 4.39 Å². The topological polar surface area (TPSA) is 74.7 Å². The Bertz CT molecular complexity index is 1410. The van der Waals surface area contributed by atoms with Crippen molar-refractivity contribution in [2.45, 2.75) is 70.2 Å². The van der Waals surface area contributed by atoms with E-state index in [1.165, 1.54) is 22.0 Å². The van der Waals surface area contributed by atoms with Crippen LogP contribution < -0.4 is 0 Å². The summed E-state index contributed by atoms with van der Waals surface area (Å²) >= 11 is 0. The van der Waals surface area contributed by atoms with Gasteiger partial charge in [0.2, 0.25) is 10.0 Å². The van der Waals surface area contributed by atoms with Gasteiger partial charge in [-0.1, -0.05) is 69.6 Å². The molecule has 0 saturated carbocycles. The van der Waals surface area contributed by atoms with Crippen LogP contribution in [0.25, 0.3) is 0 Å². The van der Waals surface area contributed by atoms with E-state index in [2.05, 4.69) is 37.8 Å². The Morgan fingerprint density at radius 3 is 2.00 bits per heavy atom. The van der Waals surface area contributed by atoms with Gasteiger partial charge in [0, 0.05) is 24.2 Å². The maximum Gasteiger partial charge on any atom is 0.338 e. The Hall–Kier alpha value is -3.47. The summed E-state index contributed by atoms with van der Waals surface area (Å²) in [6, 6.07) is 18.3. The minimum Gasteiger partial charge on any atom is -0.478 e. The van der Waals surface area contributed by atoms with Crippen LogP contribution in [0.15, 0.2) is 71.6 Å². The van der Waals surface area contributed by atoms with E-state index >= 15 is 0 Å². The van der Waals surface area contributed by atoms with Crippen molar-refractivity contribution >= 4 is 16.0 Å². The molecule has 0 spiro atoms. The number of unbranched alkanes of at least 4 members (excludes halogenated alkanes) is 4. The molecule has 39 heavy (non-hydrogen) atoms. The van der Waals surface area contributed by atoms with Gasteiger partial charge >= 0.3 is 5.97 Å². The molecule has 0 aliphatic rings. The van der Waals surface area contributed by atoms with Crippen LogP contribution in [0.1, 0.15) is 85.0 Å². The molecule has 3 rings (SSSR count). The number of rotatable bonds is 13. The third-order valence-corrected chi connectivity index (χ3v) is 8.36. The van der Waals surface area contributed by atoms with E-state index in [1.54, 1.807) is 24.3 Å². The Labute approximate surface area is 231 Å². The van der Waals surface area contributed by atoms with E-state index in [9.17, 15) is 22.7 Å². The lowest BCUT2D eigenvalue weighted by Crippen LogP contribution is -2.31. The van der Waals surface area contributed by atoms with E-state index in [-0.39, 0.29) is 18.0 Å². The zero-order chi connectivity index (χ0) is 28.3. The molecule has 7 heteroatoms. The third-order valence-electron chi connectivity index (χ3n) is 6.50. The largest absolute Gasteiger partial charge is 0.478 e. The lowest BCUT2D eigenvalue weighted by molar-refractivity contribution is 0.0691. The Balaban J connectivity index is 1.79. The predicted octanol–water partition coefficient (Wildman–Crippen LogP) is 7.04. The average Bonchev–Trinajstić information content (AvgIpc) is 2.93. The van der Waals surface area contributed by atoms with Crippen LogP contribution >= 0.6 is 0 Å². The van der Waals surface area contributed by atoms with Gasteiger partial charge in [-0.15, -0.1) is 0 Å². The first-order valence-corrected chi connectivity index (χ1v) is 14.9. The van der Waals surface area contributed by atoms with Crippen LogP contribution in [0.2, 0.25) is 0 Å². The van der Waals surface area contributed by atoms with Crippen molar-refractivity contribution < 1.29 is 22.7 Å². The number of sulfonamides is 1. The zero-order valence-electron chi connectivity index (χ0n) is 22.6. The van der Waals surface area contributed by atoms with Crippen molar-refractivity contribution in [3.63, 3.8) is 0 Å². The minimum atomic E-state index is -3.88. The first kappa shape index (κ1) is 30.1. The number of carbonyl (C=O) groups is 1. The summed E-state index contributed by atoms with van der Waals surface area (Å²) in [5.74, 6) is 3.97. The van der Waals surface area contributed by atoms with Crippen molar-refractivity contribution in [1.82, 2.24) is 4.31 Å². The highest BCUT2D eigenvalue weighted by Gasteiger charge is 2.25. The summed E-state index contributed by atoms with van der Waals surface area (Å²) in [5, 5.41) is 9.27. The third kappa shape index (κ3) is 8.77. The van der Waals surface area contributed by atoms with E-state index in [1.807, 2.05) is 12.1 Å². The Kier molecular flexibility index (Phi) is 11.3. The molecule has 0 heterocycles. The number of carboxylic acids is 1. The number of nitrogens with zero attached hydrogens (tertiary/aromatic N) is 1. The second kappa shape index (κ2) is 14.6. The van der Waals surface area contributed by atoms with E-state index in [0.717, 1.165) is 50.2 Å².